The van der Waals surface area contributed by atoms with Gasteiger partial charge >= 0.3 is 0 Å². The first-order valence-electron chi connectivity index (χ1n) is 6.42. The number of hydrogen-bond donors (Lipinski definition) is 2. The van der Waals surface area contributed by atoms with Gasteiger partial charge in [-0.25, -0.2) is 0 Å². The van der Waals surface area contributed by atoms with Crippen LogP contribution in [0.4, 0.5) is 0 Å². The Balaban J connectivity index is 2.02. The van der Waals surface area contributed by atoms with Gasteiger partial charge in [-0.05, 0) is 46.6 Å². The van der Waals surface area contributed by atoms with Crippen molar-refractivity contribution in [1.82, 2.24) is 15.5 Å². The first kappa shape index (κ1) is 14.9. The average molecular weight is 340 g/mol. The number of nitrogens with one attached hydrogen (secondary N) is 2. The van der Waals surface area contributed by atoms with E-state index >= 15 is 0 Å². The maximum atomic E-state index is 5.57. The van der Waals surface area contributed by atoms with Crippen LogP contribution in [0.3, 0.4) is 0 Å². The lowest BCUT2D eigenvalue weighted by Gasteiger charge is -2.13. The van der Waals surface area contributed by atoms with Crippen LogP contribution in [0.5, 0.6) is 11.5 Å². The quantitative estimate of drug-likeness (QED) is 0.814. The van der Waals surface area contributed by atoms with Crippen molar-refractivity contribution < 1.29 is 9.47 Å². The number of halogens is 1. The zero-order valence-electron chi connectivity index (χ0n) is 11.6. The van der Waals surface area contributed by atoms with Gasteiger partial charge in [-0.1, -0.05) is 0 Å². The van der Waals surface area contributed by atoms with E-state index in [1.165, 1.54) is 0 Å². The molecule has 1 aromatic carbocycles. The van der Waals surface area contributed by atoms with Gasteiger partial charge in [-0.15, -0.1) is 0 Å². The van der Waals surface area contributed by atoms with Crippen molar-refractivity contribution >= 4 is 15.9 Å². The fourth-order valence-electron chi connectivity index (χ4n) is 1.88. The third-order valence-corrected chi connectivity index (χ3v) is 3.37. The molecule has 0 saturated carbocycles. The first-order valence-corrected chi connectivity index (χ1v) is 7.22. The Labute approximate surface area is 126 Å². The van der Waals surface area contributed by atoms with E-state index in [2.05, 4.69) is 31.4 Å². The molecule has 1 heterocycles. The molecular formula is C14H18BrN3O2. The molecule has 0 aliphatic heterocycles. The van der Waals surface area contributed by atoms with Crippen LogP contribution in [0.15, 0.2) is 28.9 Å². The fraction of sp³-hybridized carbons (Fsp3) is 0.357. The molecule has 0 atom stereocenters. The van der Waals surface area contributed by atoms with Crippen LogP contribution in [0, 0.1) is 0 Å². The molecule has 0 aliphatic carbocycles. The van der Waals surface area contributed by atoms with Crippen molar-refractivity contribution in [2.24, 2.45) is 0 Å². The van der Waals surface area contributed by atoms with E-state index in [1.807, 2.05) is 25.1 Å². The molecule has 0 fully saturated rings. The van der Waals surface area contributed by atoms with Crippen molar-refractivity contribution in [3.8, 4) is 11.5 Å². The highest BCUT2D eigenvalue weighted by molar-refractivity contribution is 9.10. The summed E-state index contributed by atoms with van der Waals surface area (Å²) in [5, 5.41) is 10.2. The monoisotopic (exact) mass is 339 g/mol. The van der Waals surface area contributed by atoms with Gasteiger partial charge in [-0.2, -0.15) is 5.10 Å². The smallest absolute Gasteiger partial charge is 0.175 e. The summed E-state index contributed by atoms with van der Waals surface area (Å²) in [7, 11) is 1.64. The minimum atomic E-state index is 0.604. The number of aromatic nitrogens is 2. The summed E-state index contributed by atoms with van der Waals surface area (Å²) in [5.74, 6) is 1.48. The topological polar surface area (TPSA) is 59.2 Å². The van der Waals surface area contributed by atoms with E-state index in [0.29, 0.717) is 6.61 Å². The van der Waals surface area contributed by atoms with Crippen LogP contribution in [0.2, 0.25) is 0 Å². The zero-order chi connectivity index (χ0) is 14.4. The van der Waals surface area contributed by atoms with Crippen LogP contribution >= 0.6 is 15.9 Å². The molecule has 6 heteroatoms. The predicted octanol–water partition coefficient (Wildman–Crippen LogP) is 2.87. The molecule has 2 aromatic rings. The second-order valence-electron chi connectivity index (χ2n) is 4.23. The van der Waals surface area contributed by atoms with Gasteiger partial charge in [0.1, 0.15) is 0 Å². The molecule has 1 aromatic heterocycles. The summed E-state index contributed by atoms with van der Waals surface area (Å²) in [4.78, 5) is 0. The van der Waals surface area contributed by atoms with Crippen LogP contribution in [0.1, 0.15) is 18.2 Å². The Morgan fingerprint density at radius 1 is 1.35 bits per heavy atom. The van der Waals surface area contributed by atoms with Crippen molar-refractivity contribution in [2.75, 3.05) is 13.7 Å². The highest BCUT2D eigenvalue weighted by atomic mass is 79.9. The van der Waals surface area contributed by atoms with Crippen molar-refractivity contribution in [3.05, 3.63) is 40.1 Å². The van der Waals surface area contributed by atoms with Crippen LogP contribution in [-0.2, 0) is 13.1 Å². The number of benzene rings is 1. The van der Waals surface area contributed by atoms with Crippen molar-refractivity contribution in [3.63, 3.8) is 0 Å². The molecular weight excluding hydrogens is 322 g/mol. The standard InChI is InChI=1S/C14H18BrN3O2/c1-3-20-14-12(15)6-10(7-13(14)19-2)8-16-9-11-4-5-17-18-11/h4-7,16H,3,8-9H2,1-2H3,(H,17,18). The van der Waals surface area contributed by atoms with Crippen molar-refractivity contribution in [2.45, 2.75) is 20.0 Å². The fourth-order valence-corrected chi connectivity index (χ4v) is 2.49. The molecule has 5 nitrogen and oxygen atoms in total. The lowest BCUT2D eigenvalue weighted by Crippen LogP contribution is -2.13. The van der Waals surface area contributed by atoms with E-state index in [9.17, 15) is 0 Å². The maximum Gasteiger partial charge on any atom is 0.175 e. The highest BCUT2D eigenvalue weighted by Crippen LogP contribution is 2.36. The second kappa shape index (κ2) is 7.31. The Bertz CT molecular complexity index is 544. The Morgan fingerprint density at radius 2 is 2.20 bits per heavy atom. The molecule has 108 valence electrons. The number of ether oxygens (including phenoxy) is 2. The molecule has 20 heavy (non-hydrogen) atoms. The van der Waals surface area contributed by atoms with Gasteiger partial charge in [0, 0.05) is 25.0 Å². The Hall–Kier alpha value is -1.53. The van der Waals surface area contributed by atoms with E-state index in [0.717, 1.165) is 40.3 Å². The SMILES string of the molecule is CCOc1c(Br)cc(CNCc2ccn[nH]2)cc1OC. The molecule has 0 spiro atoms. The lowest BCUT2D eigenvalue weighted by molar-refractivity contribution is 0.308. The summed E-state index contributed by atoms with van der Waals surface area (Å²) >= 11 is 3.52. The molecule has 0 bridgehead atoms. The van der Waals surface area contributed by atoms with E-state index in [-0.39, 0.29) is 0 Å². The summed E-state index contributed by atoms with van der Waals surface area (Å²) in [6.45, 7) is 4.03. The highest BCUT2D eigenvalue weighted by Gasteiger charge is 2.11. The Kier molecular flexibility index (Phi) is 5.43. The molecule has 0 saturated heterocycles. The average Bonchev–Trinajstić information content (AvgIpc) is 2.94. The van der Waals surface area contributed by atoms with E-state index in [4.69, 9.17) is 9.47 Å². The molecule has 2 rings (SSSR count). The minimum Gasteiger partial charge on any atom is -0.493 e. The number of hydrogen-bond acceptors (Lipinski definition) is 4. The summed E-state index contributed by atoms with van der Waals surface area (Å²) in [6, 6.07) is 5.96. The summed E-state index contributed by atoms with van der Waals surface area (Å²) < 4.78 is 11.8. The second-order valence-corrected chi connectivity index (χ2v) is 5.08. The van der Waals surface area contributed by atoms with Crippen LogP contribution in [0.25, 0.3) is 0 Å². The van der Waals surface area contributed by atoms with Gasteiger partial charge < -0.3 is 14.8 Å². The minimum absolute atomic E-state index is 0.604. The number of methoxy groups -OCH3 is 1. The molecule has 0 unspecified atom stereocenters. The molecule has 2 N–H and O–H groups in total. The maximum absolute atomic E-state index is 5.57. The Morgan fingerprint density at radius 3 is 2.85 bits per heavy atom. The summed E-state index contributed by atoms with van der Waals surface area (Å²) in [5.41, 5.74) is 2.18. The lowest BCUT2D eigenvalue weighted by atomic mass is 10.2. The van der Waals surface area contributed by atoms with Crippen LogP contribution < -0.4 is 14.8 Å². The number of H-pyrrole nitrogens is 1. The third kappa shape index (κ3) is 3.74. The zero-order valence-corrected chi connectivity index (χ0v) is 13.2. The van der Waals surface area contributed by atoms with Gasteiger partial charge in [0.15, 0.2) is 11.5 Å². The van der Waals surface area contributed by atoms with Gasteiger partial charge in [0.2, 0.25) is 0 Å². The largest absolute Gasteiger partial charge is 0.493 e. The number of aromatic amines is 1. The predicted molar refractivity (Wildman–Crippen MR) is 81.0 cm³/mol. The number of nitrogens with zero attached hydrogens (tertiary/aromatic N) is 1. The molecule has 0 amide bonds. The van der Waals surface area contributed by atoms with Crippen LogP contribution in [-0.4, -0.2) is 23.9 Å². The third-order valence-electron chi connectivity index (χ3n) is 2.78. The van der Waals surface area contributed by atoms with E-state index < -0.39 is 0 Å². The van der Waals surface area contributed by atoms with Gasteiger partial charge in [0.05, 0.1) is 18.2 Å². The first-order chi connectivity index (χ1) is 9.74. The van der Waals surface area contributed by atoms with Gasteiger partial charge in [-0.3, -0.25) is 5.10 Å². The van der Waals surface area contributed by atoms with E-state index in [1.54, 1.807) is 13.3 Å². The number of rotatable bonds is 7. The summed E-state index contributed by atoms with van der Waals surface area (Å²) in [6.07, 6.45) is 1.74. The van der Waals surface area contributed by atoms with Crippen molar-refractivity contribution in [1.29, 1.82) is 0 Å². The molecule has 0 aliphatic rings. The van der Waals surface area contributed by atoms with Gasteiger partial charge in [0.25, 0.3) is 0 Å². The molecule has 0 radical (unpaired) electrons. The normalized spacial score (nSPS) is 10.6.